The Labute approximate surface area is 97.7 Å². The maximum atomic E-state index is 11.3. The lowest BCUT2D eigenvalue weighted by molar-refractivity contribution is 0.463. The minimum Gasteiger partial charge on any atom is -0.284 e. The third kappa shape index (κ3) is 2.48. The summed E-state index contributed by atoms with van der Waals surface area (Å²) >= 11 is 3.07. The van der Waals surface area contributed by atoms with E-state index in [1.54, 1.807) is 30.3 Å². The third-order valence-electron chi connectivity index (χ3n) is 2.02. The number of alkyl halides is 1. The molecule has 0 spiro atoms. The lowest BCUT2D eigenvalue weighted by Crippen LogP contribution is -2.28. The number of benzene rings is 1. The quantitative estimate of drug-likeness (QED) is 0.527. The summed E-state index contributed by atoms with van der Waals surface area (Å²) in [5, 5.41) is 0. The van der Waals surface area contributed by atoms with E-state index in [2.05, 4.69) is 22.5 Å². The summed E-state index contributed by atoms with van der Waals surface area (Å²) < 4.78 is 30.3. The number of allylic oxidation sites excluding steroid dienone is 1. The van der Waals surface area contributed by atoms with Crippen molar-refractivity contribution >= 4 is 26.0 Å². The van der Waals surface area contributed by atoms with Crippen molar-refractivity contribution in [2.75, 3.05) is 0 Å². The monoisotopic (exact) mass is 290 g/mol. The van der Waals surface area contributed by atoms with Crippen LogP contribution < -0.4 is 0 Å². The maximum Gasteiger partial charge on any atom is 0.285 e. The average Bonchev–Trinajstić information content (AvgIpc) is 2.18. The fraction of sp³-hybridized carbons (Fsp3) is 0.200. The number of halogens is 1. The summed E-state index contributed by atoms with van der Waals surface area (Å²) in [7, 11) is -4.23. The first-order chi connectivity index (χ1) is 6.92. The molecule has 0 heterocycles. The van der Waals surface area contributed by atoms with Crippen molar-refractivity contribution in [3.8, 4) is 0 Å². The van der Waals surface area contributed by atoms with Crippen molar-refractivity contribution < 1.29 is 13.0 Å². The first kappa shape index (κ1) is 12.4. The lowest BCUT2D eigenvalue weighted by Gasteiger charge is -2.22. The van der Waals surface area contributed by atoms with Crippen LogP contribution >= 0.6 is 15.9 Å². The van der Waals surface area contributed by atoms with Gasteiger partial charge in [0, 0.05) is 6.42 Å². The number of rotatable bonds is 4. The van der Waals surface area contributed by atoms with Gasteiger partial charge in [0.25, 0.3) is 10.1 Å². The van der Waals surface area contributed by atoms with Crippen molar-refractivity contribution in [1.82, 2.24) is 0 Å². The van der Waals surface area contributed by atoms with Crippen LogP contribution in [0.25, 0.3) is 0 Å². The van der Waals surface area contributed by atoms with Crippen LogP contribution in [0.5, 0.6) is 0 Å². The van der Waals surface area contributed by atoms with E-state index >= 15 is 0 Å². The van der Waals surface area contributed by atoms with Crippen LogP contribution in [0.15, 0.2) is 43.0 Å². The van der Waals surface area contributed by atoms with Gasteiger partial charge in [0.1, 0.15) is 0 Å². The van der Waals surface area contributed by atoms with Crippen LogP contribution in [-0.4, -0.2) is 13.0 Å². The van der Waals surface area contributed by atoms with E-state index < -0.39 is 13.8 Å². The fourth-order valence-electron chi connectivity index (χ4n) is 1.24. The predicted molar refractivity (Wildman–Crippen MR) is 63.4 cm³/mol. The van der Waals surface area contributed by atoms with Crippen LogP contribution in [0, 0.1) is 0 Å². The van der Waals surface area contributed by atoms with Gasteiger partial charge in [-0.15, -0.1) is 6.58 Å². The Bertz CT molecular complexity index is 441. The van der Waals surface area contributed by atoms with Crippen LogP contribution in [0.1, 0.15) is 12.0 Å². The maximum absolute atomic E-state index is 11.3. The van der Waals surface area contributed by atoms with E-state index in [9.17, 15) is 13.0 Å². The van der Waals surface area contributed by atoms with Crippen molar-refractivity contribution in [1.29, 1.82) is 0 Å². The van der Waals surface area contributed by atoms with E-state index in [0.717, 1.165) is 0 Å². The third-order valence-corrected chi connectivity index (χ3v) is 5.25. The van der Waals surface area contributed by atoms with Gasteiger partial charge >= 0.3 is 0 Å². The number of hydrogen-bond donors (Lipinski definition) is 1. The van der Waals surface area contributed by atoms with E-state index in [4.69, 9.17) is 0 Å². The summed E-state index contributed by atoms with van der Waals surface area (Å²) in [6.07, 6.45) is 1.53. The normalized spacial score (nSPS) is 15.6. The fourth-order valence-corrected chi connectivity index (χ4v) is 2.50. The Kier molecular flexibility index (Phi) is 3.70. The lowest BCUT2D eigenvalue weighted by atomic mass is 10.1. The highest BCUT2D eigenvalue weighted by Gasteiger charge is 2.40. The van der Waals surface area contributed by atoms with Gasteiger partial charge in [-0.05, 0) is 5.56 Å². The minimum absolute atomic E-state index is 0.0931. The smallest absolute Gasteiger partial charge is 0.284 e. The summed E-state index contributed by atoms with van der Waals surface area (Å²) in [6, 6.07) is 8.45. The molecule has 5 heteroatoms. The Morgan fingerprint density at radius 2 is 1.93 bits per heavy atom. The second-order valence-electron chi connectivity index (χ2n) is 3.06. The topological polar surface area (TPSA) is 54.4 Å². The molecule has 1 aromatic carbocycles. The second-order valence-corrected chi connectivity index (χ2v) is 6.59. The molecule has 1 aromatic rings. The van der Waals surface area contributed by atoms with Crippen LogP contribution in [0.3, 0.4) is 0 Å². The molecule has 0 aromatic heterocycles. The zero-order valence-electron chi connectivity index (χ0n) is 7.93. The molecule has 0 saturated carbocycles. The predicted octanol–water partition coefficient (Wildman–Crippen LogP) is 2.70. The highest BCUT2D eigenvalue weighted by atomic mass is 79.9. The molecule has 0 aliphatic rings. The Morgan fingerprint density at radius 1 is 1.40 bits per heavy atom. The van der Waals surface area contributed by atoms with Crippen LogP contribution in [-0.2, 0) is 13.8 Å². The molecular formula is C10H11BrO3S. The summed E-state index contributed by atoms with van der Waals surface area (Å²) in [5.74, 6) is 0. The molecule has 0 fully saturated rings. The van der Waals surface area contributed by atoms with Gasteiger partial charge in [-0.25, -0.2) is 0 Å². The summed E-state index contributed by atoms with van der Waals surface area (Å²) in [6.45, 7) is 3.48. The molecule has 0 saturated heterocycles. The van der Waals surface area contributed by atoms with Gasteiger partial charge in [0.05, 0.1) is 0 Å². The molecule has 82 valence electrons. The highest BCUT2D eigenvalue weighted by molar-refractivity contribution is 9.11. The van der Waals surface area contributed by atoms with Gasteiger partial charge in [0.15, 0.2) is 3.66 Å². The molecule has 0 radical (unpaired) electrons. The molecule has 0 aliphatic heterocycles. The zero-order valence-corrected chi connectivity index (χ0v) is 10.3. The average molecular weight is 291 g/mol. The molecule has 3 nitrogen and oxygen atoms in total. The van der Waals surface area contributed by atoms with E-state index in [1.165, 1.54) is 6.08 Å². The molecule has 1 N–H and O–H groups in total. The molecule has 0 bridgehead atoms. The van der Waals surface area contributed by atoms with Crippen molar-refractivity contribution in [3.05, 3.63) is 48.6 Å². The highest BCUT2D eigenvalue weighted by Crippen LogP contribution is 2.39. The van der Waals surface area contributed by atoms with Gasteiger partial charge in [-0.3, -0.25) is 4.55 Å². The van der Waals surface area contributed by atoms with Crippen molar-refractivity contribution in [3.63, 3.8) is 0 Å². The van der Waals surface area contributed by atoms with Gasteiger partial charge in [-0.2, -0.15) is 8.42 Å². The number of hydrogen-bond acceptors (Lipinski definition) is 2. The molecule has 15 heavy (non-hydrogen) atoms. The van der Waals surface area contributed by atoms with Crippen molar-refractivity contribution in [2.24, 2.45) is 0 Å². The van der Waals surface area contributed by atoms with Gasteiger partial charge in [0.2, 0.25) is 0 Å². The molecule has 1 unspecified atom stereocenters. The van der Waals surface area contributed by atoms with Gasteiger partial charge < -0.3 is 0 Å². The Balaban J connectivity index is 3.31. The molecule has 0 aliphatic carbocycles. The SMILES string of the molecule is C=CCC(Br)(c1ccccc1)S(=O)(=O)O. The zero-order chi connectivity index (χ0) is 11.5. The van der Waals surface area contributed by atoms with E-state index in [-0.39, 0.29) is 6.42 Å². The van der Waals surface area contributed by atoms with Gasteiger partial charge in [-0.1, -0.05) is 52.3 Å². The largest absolute Gasteiger partial charge is 0.285 e. The Hall–Kier alpha value is -0.650. The van der Waals surface area contributed by atoms with E-state index in [0.29, 0.717) is 5.56 Å². The molecule has 1 rings (SSSR count). The molecule has 1 atom stereocenters. The van der Waals surface area contributed by atoms with Crippen molar-refractivity contribution in [2.45, 2.75) is 10.1 Å². The Morgan fingerprint density at radius 3 is 2.33 bits per heavy atom. The van der Waals surface area contributed by atoms with Crippen LogP contribution in [0.2, 0.25) is 0 Å². The molecule has 0 amide bonds. The summed E-state index contributed by atoms with van der Waals surface area (Å²) in [5.41, 5.74) is 0.479. The second kappa shape index (κ2) is 4.47. The standard InChI is InChI=1S/C10H11BrO3S/c1-2-8-10(11,15(12,13)14)9-6-4-3-5-7-9/h2-7H,1,8H2,(H,12,13,14). The van der Waals surface area contributed by atoms with E-state index in [1.807, 2.05) is 0 Å². The first-order valence-electron chi connectivity index (χ1n) is 4.24. The first-order valence-corrected chi connectivity index (χ1v) is 6.47. The molecular weight excluding hydrogens is 280 g/mol. The minimum atomic E-state index is -4.23. The summed E-state index contributed by atoms with van der Waals surface area (Å²) in [4.78, 5) is 0. The van der Waals surface area contributed by atoms with Crippen LogP contribution in [0.4, 0.5) is 0 Å².